The van der Waals surface area contributed by atoms with Gasteiger partial charge >= 0.3 is 0 Å². The average molecular weight is 252 g/mol. The van der Waals surface area contributed by atoms with E-state index in [0.717, 1.165) is 12.3 Å². The Labute approximate surface area is 111 Å². The predicted molar refractivity (Wildman–Crippen MR) is 72.3 cm³/mol. The topological polar surface area (TPSA) is 29.5 Å². The van der Waals surface area contributed by atoms with E-state index in [9.17, 15) is 5.11 Å². The lowest BCUT2D eigenvalue weighted by Gasteiger charge is -2.52. The summed E-state index contributed by atoms with van der Waals surface area (Å²) in [4.78, 5) is 0. The minimum atomic E-state index is -0.179. The molecule has 0 saturated heterocycles. The second-order valence-corrected chi connectivity index (χ2v) is 8.30. The van der Waals surface area contributed by atoms with Crippen molar-refractivity contribution in [3.8, 4) is 0 Å². The van der Waals surface area contributed by atoms with Crippen molar-refractivity contribution in [1.29, 1.82) is 0 Å². The molecule has 1 N–H and O–H groups in total. The Kier molecular flexibility index (Phi) is 2.53. The lowest BCUT2D eigenvalue weighted by molar-refractivity contribution is -0.214. The summed E-state index contributed by atoms with van der Waals surface area (Å²) >= 11 is 0. The lowest BCUT2D eigenvalue weighted by Crippen LogP contribution is -2.56. The van der Waals surface area contributed by atoms with Crippen LogP contribution in [0.4, 0.5) is 0 Å². The van der Waals surface area contributed by atoms with Gasteiger partial charge in [0.1, 0.15) is 0 Å². The van der Waals surface area contributed by atoms with Crippen molar-refractivity contribution in [3.63, 3.8) is 0 Å². The summed E-state index contributed by atoms with van der Waals surface area (Å²) in [6.45, 7) is 11.5. The maximum Gasteiger partial charge on any atom is 0.0679 e. The molecule has 3 aliphatic carbocycles. The van der Waals surface area contributed by atoms with Gasteiger partial charge < -0.3 is 9.84 Å². The van der Waals surface area contributed by atoms with E-state index in [1.807, 2.05) is 0 Å². The molecule has 2 bridgehead atoms. The first-order chi connectivity index (χ1) is 8.19. The van der Waals surface area contributed by atoms with Gasteiger partial charge in [0.15, 0.2) is 0 Å². The molecule has 0 radical (unpaired) electrons. The number of hydrogen-bond acceptors (Lipinski definition) is 2. The van der Waals surface area contributed by atoms with Crippen LogP contribution in [0.25, 0.3) is 0 Å². The highest BCUT2D eigenvalue weighted by Crippen LogP contribution is 2.67. The summed E-state index contributed by atoms with van der Waals surface area (Å²) in [5.74, 6) is 0.834. The van der Waals surface area contributed by atoms with Gasteiger partial charge in [-0.2, -0.15) is 0 Å². The third kappa shape index (κ3) is 1.37. The smallest absolute Gasteiger partial charge is 0.0679 e. The second-order valence-electron chi connectivity index (χ2n) is 8.30. The van der Waals surface area contributed by atoms with E-state index in [-0.39, 0.29) is 17.6 Å². The number of aliphatic hydroxyl groups is 1. The molecule has 3 saturated carbocycles. The van der Waals surface area contributed by atoms with E-state index in [2.05, 4.69) is 34.6 Å². The molecule has 104 valence electrons. The largest absolute Gasteiger partial charge is 0.392 e. The quantitative estimate of drug-likeness (QED) is 0.816. The monoisotopic (exact) mass is 252 g/mol. The van der Waals surface area contributed by atoms with Gasteiger partial charge in [0, 0.05) is 11.8 Å². The molecule has 0 aromatic carbocycles. The number of hydrogen-bond donors (Lipinski definition) is 1. The van der Waals surface area contributed by atoms with Gasteiger partial charge in [-0.05, 0) is 36.0 Å². The van der Waals surface area contributed by atoms with E-state index in [1.165, 1.54) is 19.3 Å². The molecule has 3 aliphatic rings. The first kappa shape index (κ1) is 12.9. The third-order valence-electron chi connectivity index (χ3n) is 7.17. The summed E-state index contributed by atoms with van der Waals surface area (Å²) in [7, 11) is 0. The molecular weight excluding hydrogens is 224 g/mol. The number of ether oxygens (including phenoxy) is 1. The molecular formula is C16H28O2. The summed E-state index contributed by atoms with van der Waals surface area (Å²) in [6, 6.07) is 0. The van der Waals surface area contributed by atoms with Crippen molar-refractivity contribution in [3.05, 3.63) is 0 Å². The van der Waals surface area contributed by atoms with Crippen molar-refractivity contribution >= 4 is 0 Å². The van der Waals surface area contributed by atoms with Crippen molar-refractivity contribution in [2.45, 2.75) is 78.6 Å². The predicted octanol–water partition coefficient (Wildman–Crippen LogP) is 3.38. The molecule has 0 heterocycles. The van der Waals surface area contributed by atoms with Crippen molar-refractivity contribution in [2.75, 3.05) is 0 Å². The molecule has 0 aliphatic heterocycles. The highest BCUT2D eigenvalue weighted by Gasteiger charge is 2.63. The fourth-order valence-electron chi connectivity index (χ4n) is 4.63. The Bertz CT molecular complexity index is 360. The van der Waals surface area contributed by atoms with E-state index in [1.54, 1.807) is 0 Å². The minimum Gasteiger partial charge on any atom is -0.392 e. The Hall–Kier alpha value is -0.0800. The Morgan fingerprint density at radius 1 is 1.00 bits per heavy atom. The van der Waals surface area contributed by atoms with Gasteiger partial charge in [-0.1, -0.05) is 34.6 Å². The van der Waals surface area contributed by atoms with Crippen molar-refractivity contribution in [1.82, 2.24) is 0 Å². The summed E-state index contributed by atoms with van der Waals surface area (Å²) < 4.78 is 6.45. The Balaban J connectivity index is 1.73. The van der Waals surface area contributed by atoms with Crippen LogP contribution < -0.4 is 0 Å². The van der Waals surface area contributed by atoms with Crippen LogP contribution in [0.1, 0.15) is 60.3 Å². The molecule has 18 heavy (non-hydrogen) atoms. The minimum absolute atomic E-state index is 0.0532. The Morgan fingerprint density at radius 3 is 2.06 bits per heavy atom. The van der Waals surface area contributed by atoms with Gasteiger partial charge in [-0.3, -0.25) is 0 Å². The molecule has 2 heteroatoms. The number of aliphatic hydroxyl groups excluding tert-OH is 1. The van der Waals surface area contributed by atoms with Crippen LogP contribution in [0.2, 0.25) is 0 Å². The second kappa shape index (κ2) is 3.52. The fourth-order valence-corrected chi connectivity index (χ4v) is 4.63. The standard InChI is InChI=1S/C16H28O2/c1-14(2)11(17)9-12(14)18-13-8-10-6-7-16(13,5)15(10,3)4/h10-13,17H,6-9H2,1-5H3. The zero-order valence-corrected chi connectivity index (χ0v) is 12.5. The van der Waals surface area contributed by atoms with E-state index < -0.39 is 0 Å². The first-order valence-corrected chi connectivity index (χ1v) is 7.53. The van der Waals surface area contributed by atoms with Crippen LogP contribution in [0.15, 0.2) is 0 Å². The van der Waals surface area contributed by atoms with E-state index in [4.69, 9.17) is 4.74 Å². The summed E-state index contributed by atoms with van der Waals surface area (Å²) in [5.41, 5.74) is 0.709. The highest BCUT2D eigenvalue weighted by atomic mass is 16.5. The number of rotatable bonds is 2. The first-order valence-electron chi connectivity index (χ1n) is 7.53. The molecule has 5 atom stereocenters. The van der Waals surface area contributed by atoms with Gasteiger partial charge in [-0.15, -0.1) is 0 Å². The van der Waals surface area contributed by atoms with Gasteiger partial charge in [0.25, 0.3) is 0 Å². The zero-order valence-electron chi connectivity index (χ0n) is 12.5. The molecule has 0 spiro atoms. The van der Waals surface area contributed by atoms with Crippen molar-refractivity contribution < 1.29 is 9.84 Å². The van der Waals surface area contributed by atoms with Gasteiger partial charge in [-0.25, -0.2) is 0 Å². The molecule has 3 fully saturated rings. The maximum absolute atomic E-state index is 9.84. The van der Waals surface area contributed by atoms with Gasteiger partial charge in [0.05, 0.1) is 18.3 Å². The molecule has 0 aromatic rings. The molecule has 2 nitrogen and oxygen atoms in total. The van der Waals surface area contributed by atoms with E-state index >= 15 is 0 Å². The Morgan fingerprint density at radius 2 is 1.67 bits per heavy atom. The molecule has 0 amide bonds. The lowest BCUT2D eigenvalue weighted by atomic mass is 9.65. The van der Waals surface area contributed by atoms with E-state index in [0.29, 0.717) is 16.9 Å². The SMILES string of the molecule is CC1(C)C(O)CC1OC1CC2CCC1(C)C2(C)C. The molecule has 5 unspecified atom stereocenters. The van der Waals surface area contributed by atoms with Crippen LogP contribution in [-0.2, 0) is 4.74 Å². The van der Waals surface area contributed by atoms with Crippen LogP contribution in [0.3, 0.4) is 0 Å². The average Bonchev–Trinajstić information content (AvgIpc) is 2.61. The summed E-state index contributed by atoms with van der Waals surface area (Å²) in [5, 5.41) is 9.84. The van der Waals surface area contributed by atoms with Crippen LogP contribution >= 0.6 is 0 Å². The third-order valence-corrected chi connectivity index (χ3v) is 7.17. The van der Waals surface area contributed by atoms with Crippen LogP contribution in [0.5, 0.6) is 0 Å². The zero-order chi connectivity index (χ0) is 13.3. The summed E-state index contributed by atoms with van der Waals surface area (Å²) in [6.07, 6.45) is 5.22. The fraction of sp³-hybridized carbons (Fsp3) is 1.00. The normalized spacial score (nSPS) is 52.3. The van der Waals surface area contributed by atoms with Crippen LogP contribution in [-0.4, -0.2) is 23.4 Å². The molecule has 0 aromatic heterocycles. The molecule has 3 rings (SSSR count). The maximum atomic E-state index is 9.84. The van der Waals surface area contributed by atoms with Crippen LogP contribution in [0, 0.1) is 22.2 Å². The highest BCUT2D eigenvalue weighted by molar-refractivity contribution is 5.12. The van der Waals surface area contributed by atoms with Gasteiger partial charge in [0.2, 0.25) is 0 Å². The van der Waals surface area contributed by atoms with Crippen molar-refractivity contribution in [2.24, 2.45) is 22.2 Å². The number of fused-ring (bicyclic) bond motifs is 2.